The summed E-state index contributed by atoms with van der Waals surface area (Å²) in [7, 11) is 2.13. The molecule has 0 bridgehead atoms. The second kappa shape index (κ2) is 4.02. The van der Waals surface area contributed by atoms with Crippen molar-refractivity contribution < 1.29 is 0 Å². The van der Waals surface area contributed by atoms with E-state index in [1.54, 1.807) is 0 Å². The molecule has 1 aliphatic heterocycles. The number of piperazine rings is 1. The predicted molar refractivity (Wildman–Crippen MR) is 55.0 cm³/mol. The fourth-order valence-electron chi connectivity index (χ4n) is 1.65. The van der Waals surface area contributed by atoms with E-state index in [9.17, 15) is 0 Å². The molecule has 1 aromatic heterocycles. The van der Waals surface area contributed by atoms with Gasteiger partial charge in [-0.2, -0.15) is 0 Å². The summed E-state index contributed by atoms with van der Waals surface area (Å²) in [5.74, 6) is 0.905. The average Bonchev–Trinajstić information content (AvgIpc) is 2.19. The van der Waals surface area contributed by atoms with Crippen LogP contribution in [0.1, 0.15) is 17.4 Å². The number of hydrogen-bond donors (Lipinski definition) is 1. The van der Waals surface area contributed by atoms with Gasteiger partial charge in [-0.05, 0) is 19.5 Å². The monoisotopic (exact) mass is 192 g/mol. The van der Waals surface area contributed by atoms with Crippen molar-refractivity contribution >= 4 is 0 Å². The Balaban J connectivity index is 2.10. The van der Waals surface area contributed by atoms with Gasteiger partial charge in [-0.1, -0.05) is 0 Å². The second-order valence-corrected chi connectivity index (χ2v) is 3.89. The average molecular weight is 192 g/mol. The molecule has 1 saturated heterocycles. The Morgan fingerprint density at radius 3 is 2.79 bits per heavy atom. The maximum atomic E-state index is 4.34. The highest BCUT2D eigenvalue weighted by molar-refractivity contribution is 5.05. The molecular weight excluding hydrogens is 176 g/mol. The van der Waals surface area contributed by atoms with E-state index >= 15 is 0 Å². The van der Waals surface area contributed by atoms with Crippen LogP contribution in [-0.4, -0.2) is 41.5 Å². The molecule has 4 nitrogen and oxygen atoms in total. The van der Waals surface area contributed by atoms with E-state index in [2.05, 4.69) is 27.2 Å². The standard InChI is InChI=1S/C10H16N4/c1-8-5-12-10(13-6-8)9-7-14(2)4-3-11-9/h5-6,9,11H,3-4,7H2,1-2H3. The Kier molecular flexibility index (Phi) is 2.74. The topological polar surface area (TPSA) is 41.1 Å². The summed E-state index contributed by atoms with van der Waals surface area (Å²) in [4.78, 5) is 11.0. The van der Waals surface area contributed by atoms with Crippen molar-refractivity contribution in [1.29, 1.82) is 0 Å². The van der Waals surface area contributed by atoms with Crippen molar-refractivity contribution in [2.75, 3.05) is 26.7 Å². The summed E-state index contributed by atoms with van der Waals surface area (Å²) in [6.45, 7) is 5.11. The van der Waals surface area contributed by atoms with Crippen molar-refractivity contribution in [3.63, 3.8) is 0 Å². The van der Waals surface area contributed by atoms with Gasteiger partial charge in [-0.3, -0.25) is 0 Å². The van der Waals surface area contributed by atoms with Crippen LogP contribution in [0, 0.1) is 6.92 Å². The zero-order chi connectivity index (χ0) is 9.97. The summed E-state index contributed by atoms with van der Waals surface area (Å²) >= 11 is 0. The van der Waals surface area contributed by atoms with E-state index in [1.807, 2.05) is 19.3 Å². The first kappa shape index (κ1) is 9.55. The smallest absolute Gasteiger partial charge is 0.146 e. The summed E-state index contributed by atoms with van der Waals surface area (Å²) in [6, 6.07) is 0.286. The van der Waals surface area contributed by atoms with Gasteiger partial charge in [-0.25, -0.2) is 9.97 Å². The van der Waals surface area contributed by atoms with E-state index in [-0.39, 0.29) is 6.04 Å². The number of hydrogen-bond acceptors (Lipinski definition) is 4. The molecule has 2 heterocycles. The predicted octanol–water partition coefficient (Wildman–Crippen LogP) is 0.361. The number of aryl methyl sites for hydroxylation is 1. The van der Waals surface area contributed by atoms with Crippen LogP contribution in [0.5, 0.6) is 0 Å². The van der Waals surface area contributed by atoms with Crippen LogP contribution in [0.3, 0.4) is 0 Å². The molecule has 1 aromatic rings. The molecule has 0 saturated carbocycles. The normalized spacial score (nSPS) is 23.7. The van der Waals surface area contributed by atoms with E-state index in [0.29, 0.717) is 0 Å². The molecule has 1 aliphatic rings. The van der Waals surface area contributed by atoms with Gasteiger partial charge in [-0.15, -0.1) is 0 Å². The van der Waals surface area contributed by atoms with Gasteiger partial charge in [0, 0.05) is 32.0 Å². The fraction of sp³-hybridized carbons (Fsp3) is 0.600. The van der Waals surface area contributed by atoms with Gasteiger partial charge in [0.1, 0.15) is 5.82 Å². The molecule has 0 aliphatic carbocycles. The summed E-state index contributed by atoms with van der Waals surface area (Å²) in [5, 5.41) is 3.42. The lowest BCUT2D eigenvalue weighted by Crippen LogP contribution is -2.44. The van der Waals surface area contributed by atoms with Crippen LogP contribution in [0.25, 0.3) is 0 Å². The Morgan fingerprint density at radius 2 is 2.14 bits per heavy atom. The molecule has 76 valence electrons. The molecule has 1 N–H and O–H groups in total. The third kappa shape index (κ3) is 2.08. The second-order valence-electron chi connectivity index (χ2n) is 3.89. The SMILES string of the molecule is Cc1cnc(C2CN(C)CCN2)nc1. The number of aromatic nitrogens is 2. The highest BCUT2D eigenvalue weighted by Gasteiger charge is 2.19. The van der Waals surface area contributed by atoms with Gasteiger partial charge in [0.15, 0.2) is 0 Å². The van der Waals surface area contributed by atoms with Crippen LogP contribution in [0.4, 0.5) is 0 Å². The maximum Gasteiger partial charge on any atom is 0.146 e. The first-order chi connectivity index (χ1) is 6.75. The molecule has 4 heteroatoms. The first-order valence-electron chi connectivity index (χ1n) is 4.96. The molecule has 14 heavy (non-hydrogen) atoms. The van der Waals surface area contributed by atoms with E-state index in [0.717, 1.165) is 31.0 Å². The van der Waals surface area contributed by atoms with Crippen molar-refractivity contribution in [3.8, 4) is 0 Å². The number of nitrogens with zero attached hydrogens (tertiary/aromatic N) is 3. The van der Waals surface area contributed by atoms with Crippen LogP contribution >= 0.6 is 0 Å². The van der Waals surface area contributed by atoms with E-state index in [1.165, 1.54) is 0 Å². The fourth-order valence-corrected chi connectivity index (χ4v) is 1.65. The summed E-state index contributed by atoms with van der Waals surface area (Å²) < 4.78 is 0. The lowest BCUT2D eigenvalue weighted by molar-refractivity contribution is 0.235. The molecule has 0 spiro atoms. The van der Waals surface area contributed by atoms with E-state index < -0.39 is 0 Å². The third-order valence-electron chi connectivity index (χ3n) is 2.49. The molecule has 1 atom stereocenters. The summed E-state index contributed by atoms with van der Waals surface area (Å²) in [6.07, 6.45) is 3.75. The van der Waals surface area contributed by atoms with Crippen molar-refractivity contribution in [1.82, 2.24) is 20.2 Å². The lowest BCUT2D eigenvalue weighted by Gasteiger charge is -2.29. The Hall–Kier alpha value is -1.00. The highest BCUT2D eigenvalue weighted by atomic mass is 15.2. The van der Waals surface area contributed by atoms with Crippen molar-refractivity contribution in [3.05, 3.63) is 23.8 Å². The van der Waals surface area contributed by atoms with Crippen molar-refractivity contribution in [2.24, 2.45) is 0 Å². The number of likely N-dealkylation sites (N-methyl/N-ethyl adjacent to an activating group) is 1. The maximum absolute atomic E-state index is 4.34. The first-order valence-corrected chi connectivity index (χ1v) is 4.96. The zero-order valence-corrected chi connectivity index (χ0v) is 8.70. The molecule has 0 aromatic carbocycles. The molecule has 1 fully saturated rings. The minimum absolute atomic E-state index is 0.286. The van der Waals surface area contributed by atoms with Crippen LogP contribution in [0.15, 0.2) is 12.4 Å². The molecule has 0 radical (unpaired) electrons. The summed E-state index contributed by atoms with van der Waals surface area (Å²) in [5.41, 5.74) is 1.11. The minimum atomic E-state index is 0.286. The van der Waals surface area contributed by atoms with Crippen LogP contribution < -0.4 is 5.32 Å². The highest BCUT2D eigenvalue weighted by Crippen LogP contribution is 2.11. The minimum Gasteiger partial charge on any atom is -0.305 e. The molecular formula is C10H16N4. The lowest BCUT2D eigenvalue weighted by atomic mass is 10.2. The van der Waals surface area contributed by atoms with Gasteiger partial charge in [0.05, 0.1) is 6.04 Å². The van der Waals surface area contributed by atoms with Gasteiger partial charge in [0.2, 0.25) is 0 Å². The molecule has 0 amide bonds. The van der Waals surface area contributed by atoms with Crippen molar-refractivity contribution in [2.45, 2.75) is 13.0 Å². The van der Waals surface area contributed by atoms with Gasteiger partial charge in [0.25, 0.3) is 0 Å². The van der Waals surface area contributed by atoms with Crippen LogP contribution in [0.2, 0.25) is 0 Å². The Morgan fingerprint density at radius 1 is 1.43 bits per heavy atom. The number of rotatable bonds is 1. The Bertz CT molecular complexity index is 295. The third-order valence-corrected chi connectivity index (χ3v) is 2.49. The van der Waals surface area contributed by atoms with Gasteiger partial charge < -0.3 is 10.2 Å². The van der Waals surface area contributed by atoms with Crippen LogP contribution in [-0.2, 0) is 0 Å². The Labute approximate surface area is 84.4 Å². The molecule has 1 unspecified atom stereocenters. The largest absolute Gasteiger partial charge is 0.305 e. The van der Waals surface area contributed by atoms with E-state index in [4.69, 9.17) is 0 Å². The zero-order valence-electron chi connectivity index (χ0n) is 8.70. The number of nitrogens with one attached hydrogen (secondary N) is 1. The quantitative estimate of drug-likeness (QED) is 0.697. The molecule has 2 rings (SSSR count). The van der Waals surface area contributed by atoms with Gasteiger partial charge >= 0.3 is 0 Å².